The highest BCUT2D eigenvalue weighted by Crippen LogP contribution is 2.14. The zero-order valence-electron chi connectivity index (χ0n) is 48.5. The molecule has 424 valence electrons. The lowest BCUT2D eigenvalue weighted by Gasteiger charge is -2.18. The maximum absolute atomic E-state index is 12.9. The van der Waals surface area contributed by atoms with Gasteiger partial charge in [0.05, 0.1) is 6.42 Å². The number of allylic oxidation sites excluding steroid dienone is 21. The molecule has 1 unspecified atom stereocenters. The number of hydrogen-bond donors (Lipinski definition) is 0. The van der Waals surface area contributed by atoms with Crippen LogP contribution in [0.2, 0.25) is 0 Å². The van der Waals surface area contributed by atoms with Crippen molar-refractivity contribution >= 4 is 17.9 Å². The van der Waals surface area contributed by atoms with Crippen LogP contribution in [-0.2, 0) is 28.6 Å². The summed E-state index contributed by atoms with van der Waals surface area (Å²) in [4.78, 5) is 38.2. The fourth-order valence-corrected chi connectivity index (χ4v) is 8.06. The molecule has 0 aromatic heterocycles. The molecule has 0 aliphatic heterocycles. The predicted molar refractivity (Wildman–Crippen MR) is 325 cm³/mol. The summed E-state index contributed by atoms with van der Waals surface area (Å²) in [6.07, 6.45) is 87.5. The summed E-state index contributed by atoms with van der Waals surface area (Å²) in [6, 6.07) is 0. The number of unbranched alkanes of at least 4 members (excludes halogenated alkanes) is 22. The van der Waals surface area contributed by atoms with Crippen LogP contribution in [0.3, 0.4) is 0 Å². The lowest BCUT2D eigenvalue weighted by atomic mass is 10.1. The van der Waals surface area contributed by atoms with E-state index in [2.05, 4.69) is 142 Å². The van der Waals surface area contributed by atoms with Crippen LogP contribution in [0.1, 0.15) is 265 Å². The Labute approximate surface area is 462 Å². The molecule has 0 aromatic rings. The Kier molecular flexibility index (Phi) is 58.4. The van der Waals surface area contributed by atoms with Gasteiger partial charge in [-0.25, -0.2) is 0 Å². The molecule has 0 aromatic carbocycles. The third-order valence-electron chi connectivity index (χ3n) is 12.6. The van der Waals surface area contributed by atoms with E-state index in [9.17, 15) is 14.4 Å². The van der Waals surface area contributed by atoms with Crippen molar-refractivity contribution in [3.8, 4) is 0 Å². The SMILES string of the molecule is CC/C=C\C/C=C\C/C=C\C/C=C\C/C=C\CC(=O)OCC(COC(=O)CCCCCCCC/C=C\C/C=C\C/C=C\CCCCCCC)OC(=O)CCCCCCCC/C=C\C/C=C\C/C=C\CCCCCCC. The third-order valence-corrected chi connectivity index (χ3v) is 12.6. The van der Waals surface area contributed by atoms with Gasteiger partial charge in [0.1, 0.15) is 13.2 Å². The highest BCUT2D eigenvalue weighted by atomic mass is 16.6. The smallest absolute Gasteiger partial charge is 0.309 e. The van der Waals surface area contributed by atoms with Crippen LogP contribution < -0.4 is 0 Å². The van der Waals surface area contributed by atoms with Gasteiger partial charge in [0, 0.05) is 12.8 Å². The average Bonchev–Trinajstić information content (AvgIpc) is 3.41. The van der Waals surface area contributed by atoms with Crippen molar-refractivity contribution in [2.75, 3.05) is 13.2 Å². The molecule has 0 rings (SSSR count). The molecule has 0 bridgehead atoms. The zero-order chi connectivity index (χ0) is 54.3. The molecule has 0 N–H and O–H groups in total. The second kappa shape index (κ2) is 62.1. The molecular weight excluding hydrogens is 925 g/mol. The van der Waals surface area contributed by atoms with Crippen molar-refractivity contribution in [1.29, 1.82) is 0 Å². The summed E-state index contributed by atoms with van der Waals surface area (Å²) in [6.45, 7) is 6.39. The largest absolute Gasteiger partial charge is 0.462 e. The molecule has 0 saturated heterocycles. The lowest BCUT2D eigenvalue weighted by molar-refractivity contribution is -0.166. The van der Waals surface area contributed by atoms with Crippen LogP contribution in [0.25, 0.3) is 0 Å². The van der Waals surface area contributed by atoms with Gasteiger partial charge in [0.25, 0.3) is 0 Å². The normalized spacial score (nSPS) is 13.1. The molecule has 0 aliphatic rings. The maximum Gasteiger partial charge on any atom is 0.309 e. The minimum atomic E-state index is -0.837. The summed E-state index contributed by atoms with van der Waals surface area (Å²) < 4.78 is 16.8. The third kappa shape index (κ3) is 60.3. The standard InChI is InChI=1S/C69H112O6/c1-4-7-10-13-16-19-22-25-28-30-32-34-36-38-41-44-47-50-53-56-59-62-68(71)74-65-66(64-73-67(70)61-58-55-52-49-46-43-40-27-24-21-18-15-12-9-6-3)75-69(72)63-60-57-54-51-48-45-42-39-37-35-33-31-29-26-23-20-17-14-11-8-5-2/h9,12,18,21-23,25-27,30-33,36-40,46,49,55,58,66H,4-8,10-11,13-17,19-20,24,28-29,34-35,41-45,47-48,50-54,56-57,59-65H2,1-3H3/b12-9-,21-18-,25-22-,26-23-,32-30-,33-31-,38-36-,39-37-,40-27-,49-46-,58-55-. The van der Waals surface area contributed by atoms with Crippen molar-refractivity contribution in [2.45, 2.75) is 271 Å². The molecule has 0 spiro atoms. The van der Waals surface area contributed by atoms with E-state index in [0.29, 0.717) is 6.42 Å². The fraction of sp³-hybridized carbons (Fsp3) is 0.638. The lowest BCUT2D eigenvalue weighted by Crippen LogP contribution is -2.30. The van der Waals surface area contributed by atoms with E-state index in [0.717, 1.165) is 122 Å². The van der Waals surface area contributed by atoms with E-state index in [1.54, 1.807) is 6.08 Å². The Balaban J connectivity index is 4.53. The van der Waals surface area contributed by atoms with E-state index in [-0.39, 0.29) is 38.0 Å². The van der Waals surface area contributed by atoms with Gasteiger partial charge in [-0.2, -0.15) is 0 Å². The predicted octanol–water partition coefficient (Wildman–Crippen LogP) is 21.0. The van der Waals surface area contributed by atoms with Gasteiger partial charge in [0.2, 0.25) is 0 Å². The second-order valence-electron chi connectivity index (χ2n) is 19.9. The van der Waals surface area contributed by atoms with Gasteiger partial charge in [-0.1, -0.05) is 257 Å². The molecule has 0 heterocycles. The highest BCUT2D eigenvalue weighted by Gasteiger charge is 2.19. The van der Waals surface area contributed by atoms with Crippen LogP contribution in [0.5, 0.6) is 0 Å². The molecule has 1 atom stereocenters. The monoisotopic (exact) mass is 1040 g/mol. The van der Waals surface area contributed by atoms with E-state index in [4.69, 9.17) is 14.2 Å². The summed E-state index contributed by atoms with van der Waals surface area (Å²) >= 11 is 0. The molecule has 0 aliphatic carbocycles. The summed E-state index contributed by atoms with van der Waals surface area (Å²) in [5.74, 6) is -1.08. The van der Waals surface area contributed by atoms with Crippen molar-refractivity contribution in [2.24, 2.45) is 0 Å². The average molecular weight is 1040 g/mol. The van der Waals surface area contributed by atoms with Crippen molar-refractivity contribution in [1.82, 2.24) is 0 Å². The first-order chi connectivity index (χ1) is 37.0. The molecule has 6 heteroatoms. The minimum Gasteiger partial charge on any atom is -0.462 e. The molecule has 0 fully saturated rings. The summed E-state index contributed by atoms with van der Waals surface area (Å²) in [7, 11) is 0. The van der Waals surface area contributed by atoms with Gasteiger partial charge < -0.3 is 14.2 Å². The van der Waals surface area contributed by atoms with Crippen LogP contribution in [0, 0.1) is 0 Å². The first-order valence-corrected chi connectivity index (χ1v) is 30.7. The number of carbonyl (C=O) groups is 3. The van der Waals surface area contributed by atoms with Gasteiger partial charge in [-0.05, 0) is 122 Å². The van der Waals surface area contributed by atoms with Gasteiger partial charge in [0.15, 0.2) is 6.10 Å². The number of carbonyl (C=O) groups excluding carboxylic acids is 3. The molecule has 6 nitrogen and oxygen atoms in total. The van der Waals surface area contributed by atoms with E-state index < -0.39 is 12.1 Å². The minimum absolute atomic E-state index is 0.116. The Bertz CT molecular complexity index is 1620. The zero-order valence-corrected chi connectivity index (χ0v) is 48.5. The number of esters is 3. The van der Waals surface area contributed by atoms with Gasteiger partial charge in [-0.3, -0.25) is 14.4 Å². The van der Waals surface area contributed by atoms with Crippen LogP contribution in [-0.4, -0.2) is 37.2 Å². The van der Waals surface area contributed by atoms with Gasteiger partial charge in [-0.15, -0.1) is 0 Å². The first-order valence-electron chi connectivity index (χ1n) is 30.7. The van der Waals surface area contributed by atoms with Gasteiger partial charge >= 0.3 is 17.9 Å². The number of rotatable bonds is 54. The maximum atomic E-state index is 12.9. The van der Waals surface area contributed by atoms with Crippen LogP contribution >= 0.6 is 0 Å². The molecule has 75 heavy (non-hydrogen) atoms. The Morgan fingerprint density at radius 3 is 0.933 bits per heavy atom. The molecule has 0 radical (unpaired) electrons. The second-order valence-corrected chi connectivity index (χ2v) is 19.9. The highest BCUT2D eigenvalue weighted by molar-refractivity contribution is 5.72. The van der Waals surface area contributed by atoms with E-state index in [1.807, 2.05) is 6.08 Å². The van der Waals surface area contributed by atoms with Crippen molar-refractivity contribution < 1.29 is 28.6 Å². The number of ether oxygens (including phenoxy) is 3. The van der Waals surface area contributed by atoms with Crippen molar-refractivity contribution in [3.05, 3.63) is 134 Å². The fourth-order valence-electron chi connectivity index (χ4n) is 8.06. The van der Waals surface area contributed by atoms with Crippen LogP contribution in [0.4, 0.5) is 0 Å². The summed E-state index contributed by atoms with van der Waals surface area (Å²) in [5, 5.41) is 0. The Hall–Kier alpha value is -4.45. The Morgan fingerprint density at radius 1 is 0.293 bits per heavy atom. The topological polar surface area (TPSA) is 78.9 Å². The van der Waals surface area contributed by atoms with Crippen molar-refractivity contribution in [3.63, 3.8) is 0 Å². The quantitative estimate of drug-likeness (QED) is 0.0261. The van der Waals surface area contributed by atoms with Crippen LogP contribution in [0.15, 0.2) is 134 Å². The first kappa shape index (κ1) is 70.5. The molecular formula is C69H112O6. The summed E-state index contributed by atoms with van der Waals surface area (Å²) in [5.41, 5.74) is 0. The van der Waals surface area contributed by atoms with E-state index >= 15 is 0 Å². The molecule has 0 saturated carbocycles. The number of hydrogen-bond acceptors (Lipinski definition) is 6. The van der Waals surface area contributed by atoms with E-state index in [1.165, 1.54) is 103 Å². The molecule has 0 amide bonds. The Morgan fingerprint density at radius 2 is 0.573 bits per heavy atom.